The van der Waals surface area contributed by atoms with E-state index in [9.17, 15) is 13.2 Å². The molecule has 0 unspecified atom stereocenters. The van der Waals surface area contributed by atoms with E-state index in [1.165, 1.54) is 12.1 Å². The Hall–Kier alpha value is -1.56. The quantitative estimate of drug-likeness (QED) is 0.614. The number of benzene rings is 1. The fourth-order valence-corrected chi connectivity index (χ4v) is 2.24. The standard InChI is InChI=1S/C13H18O5S/c1-4-11(5-2)17-13(14)18-19(15,16)12-8-6-10(3)7-9-12/h6-9,11H,4-5H2,1-3H3. The lowest BCUT2D eigenvalue weighted by molar-refractivity contribution is 0.0569. The van der Waals surface area contributed by atoms with Gasteiger partial charge in [0, 0.05) is 0 Å². The highest BCUT2D eigenvalue weighted by Crippen LogP contribution is 2.15. The van der Waals surface area contributed by atoms with Gasteiger partial charge in [0.25, 0.3) is 0 Å². The molecule has 0 heterocycles. The van der Waals surface area contributed by atoms with Crippen LogP contribution in [0.25, 0.3) is 0 Å². The highest BCUT2D eigenvalue weighted by molar-refractivity contribution is 7.87. The molecule has 0 aromatic heterocycles. The van der Waals surface area contributed by atoms with Crippen LogP contribution in [0.1, 0.15) is 32.3 Å². The Balaban J connectivity index is 2.74. The molecular weight excluding hydrogens is 268 g/mol. The van der Waals surface area contributed by atoms with E-state index in [-0.39, 0.29) is 11.0 Å². The van der Waals surface area contributed by atoms with Crippen molar-refractivity contribution in [2.24, 2.45) is 0 Å². The monoisotopic (exact) mass is 286 g/mol. The predicted molar refractivity (Wildman–Crippen MR) is 70.3 cm³/mol. The number of carbonyl (C=O) groups excluding carboxylic acids is 1. The zero-order chi connectivity index (χ0) is 14.5. The van der Waals surface area contributed by atoms with Crippen LogP contribution in [0.15, 0.2) is 29.2 Å². The first-order chi connectivity index (χ1) is 8.89. The summed E-state index contributed by atoms with van der Waals surface area (Å²) in [6.45, 7) is 5.52. The average Bonchev–Trinajstić information content (AvgIpc) is 2.35. The van der Waals surface area contributed by atoms with Crippen LogP contribution in [0, 0.1) is 6.92 Å². The van der Waals surface area contributed by atoms with Gasteiger partial charge in [-0.1, -0.05) is 31.5 Å². The first-order valence-corrected chi connectivity index (χ1v) is 7.51. The van der Waals surface area contributed by atoms with Crippen LogP contribution in [0.2, 0.25) is 0 Å². The highest BCUT2D eigenvalue weighted by Gasteiger charge is 2.22. The molecule has 1 rings (SSSR count). The lowest BCUT2D eigenvalue weighted by atomic mass is 10.2. The Labute approximate surface area is 113 Å². The lowest BCUT2D eigenvalue weighted by Gasteiger charge is -2.13. The molecular formula is C13H18O5S. The van der Waals surface area contributed by atoms with Crippen molar-refractivity contribution in [3.05, 3.63) is 29.8 Å². The largest absolute Gasteiger partial charge is 0.524 e. The van der Waals surface area contributed by atoms with Crippen molar-refractivity contribution in [3.8, 4) is 0 Å². The first kappa shape index (κ1) is 15.5. The third kappa shape index (κ3) is 4.55. The van der Waals surface area contributed by atoms with Crippen LogP contribution in [-0.4, -0.2) is 20.7 Å². The molecule has 5 nitrogen and oxygen atoms in total. The van der Waals surface area contributed by atoms with E-state index in [2.05, 4.69) is 4.18 Å². The van der Waals surface area contributed by atoms with E-state index in [4.69, 9.17) is 4.74 Å². The van der Waals surface area contributed by atoms with Gasteiger partial charge < -0.3 is 8.92 Å². The number of hydrogen-bond acceptors (Lipinski definition) is 5. The van der Waals surface area contributed by atoms with Gasteiger partial charge in [0.15, 0.2) is 0 Å². The van der Waals surface area contributed by atoms with Gasteiger partial charge in [-0.3, -0.25) is 0 Å². The second kappa shape index (κ2) is 6.56. The second-order valence-corrected chi connectivity index (χ2v) is 5.70. The molecule has 0 spiro atoms. The summed E-state index contributed by atoms with van der Waals surface area (Å²) in [7, 11) is -4.11. The Morgan fingerprint density at radius 3 is 2.16 bits per heavy atom. The number of aryl methyl sites for hydroxylation is 1. The first-order valence-electron chi connectivity index (χ1n) is 6.10. The van der Waals surface area contributed by atoms with E-state index in [1.807, 2.05) is 20.8 Å². The Kier molecular flexibility index (Phi) is 5.35. The van der Waals surface area contributed by atoms with Crippen LogP contribution in [0.5, 0.6) is 0 Å². The third-order valence-corrected chi connectivity index (χ3v) is 3.87. The van der Waals surface area contributed by atoms with E-state index in [0.29, 0.717) is 12.8 Å². The third-order valence-electron chi connectivity index (χ3n) is 2.66. The van der Waals surface area contributed by atoms with Crippen molar-refractivity contribution in [2.75, 3.05) is 0 Å². The topological polar surface area (TPSA) is 69.7 Å². The van der Waals surface area contributed by atoms with Gasteiger partial charge in [-0.2, -0.15) is 8.42 Å². The fraction of sp³-hybridized carbons (Fsp3) is 0.462. The van der Waals surface area contributed by atoms with Gasteiger partial charge in [0.2, 0.25) is 0 Å². The zero-order valence-electron chi connectivity index (χ0n) is 11.3. The van der Waals surface area contributed by atoms with E-state index in [0.717, 1.165) is 5.56 Å². The van der Waals surface area contributed by atoms with Gasteiger partial charge in [0.1, 0.15) is 11.0 Å². The van der Waals surface area contributed by atoms with Gasteiger partial charge in [-0.15, -0.1) is 0 Å². The maximum atomic E-state index is 11.8. The lowest BCUT2D eigenvalue weighted by Crippen LogP contribution is -2.20. The molecule has 19 heavy (non-hydrogen) atoms. The van der Waals surface area contributed by atoms with Crippen LogP contribution >= 0.6 is 0 Å². The minimum atomic E-state index is -4.11. The van der Waals surface area contributed by atoms with Gasteiger partial charge in [-0.05, 0) is 31.9 Å². The van der Waals surface area contributed by atoms with Crippen molar-refractivity contribution < 1.29 is 22.1 Å². The van der Waals surface area contributed by atoms with Crippen molar-refractivity contribution in [1.29, 1.82) is 0 Å². The molecule has 0 radical (unpaired) electrons. The molecule has 1 aromatic rings. The predicted octanol–water partition coefficient (Wildman–Crippen LogP) is 3.03. The van der Waals surface area contributed by atoms with E-state index >= 15 is 0 Å². The van der Waals surface area contributed by atoms with Gasteiger partial charge in [-0.25, -0.2) is 4.79 Å². The zero-order valence-corrected chi connectivity index (χ0v) is 12.1. The minimum absolute atomic E-state index is 0.0698. The number of hydrogen-bond donors (Lipinski definition) is 0. The molecule has 106 valence electrons. The molecule has 1 aromatic carbocycles. The van der Waals surface area contributed by atoms with E-state index < -0.39 is 16.3 Å². The number of carbonyl (C=O) groups is 1. The molecule has 0 aliphatic heterocycles. The highest BCUT2D eigenvalue weighted by atomic mass is 32.2. The Bertz CT molecular complexity index is 514. The van der Waals surface area contributed by atoms with Crippen molar-refractivity contribution >= 4 is 16.3 Å². The fourth-order valence-electron chi connectivity index (χ4n) is 1.45. The van der Waals surface area contributed by atoms with Crippen LogP contribution in [0.3, 0.4) is 0 Å². The van der Waals surface area contributed by atoms with Gasteiger partial charge in [0.05, 0.1) is 0 Å². The summed E-state index contributed by atoms with van der Waals surface area (Å²) < 4.78 is 32.9. The maximum absolute atomic E-state index is 11.8. The summed E-state index contributed by atoms with van der Waals surface area (Å²) in [4.78, 5) is 11.3. The molecule has 0 N–H and O–H groups in total. The molecule has 6 heteroatoms. The number of rotatable bonds is 5. The molecule has 0 fully saturated rings. The SMILES string of the molecule is CCC(CC)OC(=O)OS(=O)(=O)c1ccc(C)cc1. The van der Waals surface area contributed by atoms with Gasteiger partial charge >= 0.3 is 16.3 Å². The van der Waals surface area contributed by atoms with Crippen LogP contribution in [-0.2, 0) is 19.0 Å². The average molecular weight is 286 g/mol. The van der Waals surface area contributed by atoms with Crippen LogP contribution < -0.4 is 0 Å². The van der Waals surface area contributed by atoms with Crippen molar-refractivity contribution in [1.82, 2.24) is 0 Å². The van der Waals surface area contributed by atoms with E-state index in [1.54, 1.807) is 12.1 Å². The summed E-state index contributed by atoms with van der Waals surface area (Å²) in [5, 5.41) is 0. The summed E-state index contributed by atoms with van der Waals surface area (Å²) in [6, 6.07) is 6.02. The second-order valence-electron chi connectivity index (χ2n) is 4.16. The Morgan fingerprint density at radius 1 is 1.16 bits per heavy atom. The molecule has 0 aliphatic rings. The summed E-state index contributed by atoms with van der Waals surface area (Å²) in [5.41, 5.74) is 0.915. The minimum Gasteiger partial charge on any atom is -0.430 e. The maximum Gasteiger partial charge on any atom is 0.524 e. The molecule has 0 aliphatic carbocycles. The molecule has 0 amide bonds. The van der Waals surface area contributed by atoms with Crippen LogP contribution in [0.4, 0.5) is 4.79 Å². The molecule has 0 saturated carbocycles. The normalized spacial score (nSPS) is 11.4. The summed E-state index contributed by atoms with van der Waals surface area (Å²) in [6.07, 6.45) is -0.304. The van der Waals surface area contributed by atoms with Crippen molar-refractivity contribution in [2.45, 2.75) is 44.6 Å². The summed E-state index contributed by atoms with van der Waals surface area (Å²) >= 11 is 0. The molecule has 0 atom stereocenters. The number of ether oxygens (including phenoxy) is 1. The summed E-state index contributed by atoms with van der Waals surface area (Å²) in [5.74, 6) is 0. The smallest absolute Gasteiger partial charge is 0.430 e. The molecule has 0 bridgehead atoms. The van der Waals surface area contributed by atoms with Crippen molar-refractivity contribution in [3.63, 3.8) is 0 Å². The molecule has 0 saturated heterocycles. The Morgan fingerprint density at radius 2 is 1.68 bits per heavy atom.